The number of nitrogens with zero attached hydrogens (tertiary/aromatic N) is 3. The molecule has 0 amide bonds. The Morgan fingerprint density at radius 2 is 1.48 bits per heavy atom. The van der Waals surface area contributed by atoms with Gasteiger partial charge in [0.05, 0.1) is 0 Å². The van der Waals surface area contributed by atoms with E-state index in [1.807, 2.05) is 0 Å². The number of hydrogen-bond acceptors (Lipinski definition) is 3. The molecule has 1 fully saturated rings. The molecule has 0 saturated heterocycles. The number of aliphatic hydroxyl groups excluding tert-OH is 1. The van der Waals surface area contributed by atoms with Gasteiger partial charge in [0, 0.05) is 12.5 Å². The minimum atomic E-state index is 0.0151. The van der Waals surface area contributed by atoms with Crippen LogP contribution in [0.15, 0.2) is 0 Å². The summed E-state index contributed by atoms with van der Waals surface area (Å²) in [5, 5.41) is 17.7. The van der Waals surface area contributed by atoms with Gasteiger partial charge in [0.1, 0.15) is 12.4 Å². The van der Waals surface area contributed by atoms with E-state index in [4.69, 9.17) is 0 Å². The first kappa shape index (κ1) is 16.5. The van der Waals surface area contributed by atoms with Crippen molar-refractivity contribution in [3.8, 4) is 0 Å². The highest BCUT2D eigenvalue weighted by atomic mass is 16.3. The fourth-order valence-electron chi connectivity index (χ4n) is 2.99. The molecule has 0 unspecified atom stereocenters. The summed E-state index contributed by atoms with van der Waals surface area (Å²) in [6.45, 7) is 2.28. The van der Waals surface area contributed by atoms with Crippen molar-refractivity contribution in [3.05, 3.63) is 11.6 Å². The van der Waals surface area contributed by atoms with Gasteiger partial charge in [-0.3, -0.25) is 0 Å². The molecular weight excluding hydrogens is 262 g/mol. The first-order valence-corrected chi connectivity index (χ1v) is 8.90. The molecule has 0 atom stereocenters. The number of aryl methyl sites for hydroxylation is 1. The van der Waals surface area contributed by atoms with Gasteiger partial charge in [-0.2, -0.15) is 0 Å². The van der Waals surface area contributed by atoms with E-state index < -0.39 is 0 Å². The number of rotatable bonds is 12. The van der Waals surface area contributed by atoms with Crippen molar-refractivity contribution < 1.29 is 5.11 Å². The summed E-state index contributed by atoms with van der Waals surface area (Å²) in [4.78, 5) is 0. The molecule has 1 aromatic heterocycles. The third kappa shape index (κ3) is 5.42. The van der Waals surface area contributed by atoms with Crippen LogP contribution in [0.5, 0.6) is 0 Å². The molecule has 4 nitrogen and oxygen atoms in total. The van der Waals surface area contributed by atoms with Crippen molar-refractivity contribution in [2.45, 2.75) is 96.6 Å². The Kier molecular flexibility index (Phi) is 7.20. The molecule has 2 rings (SSSR count). The maximum absolute atomic E-state index is 9.32. The molecule has 0 bridgehead atoms. The molecule has 1 heterocycles. The first-order chi connectivity index (χ1) is 10.4. The van der Waals surface area contributed by atoms with E-state index in [2.05, 4.69) is 21.7 Å². The minimum Gasteiger partial charge on any atom is -0.388 e. The molecule has 21 heavy (non-hydrogen) atoms. The van der Waals surface area contributed by atoms with Gasteiger partial charge in [0.15, 0.2) is 5.82 Å². The Labute approximate surface area is 129 Å². The van der Waals surface area contributed by atoms with Gasteiger partial charge >= 0.3 is 0 Å². The van der Waals surface area contributed by atoms with Crippen molar-refractivity contribution >= 4 is 0 Å². The third-order valence-corrected chi connectivity index (χ3v) is 4.39. The Bertz CT molecular complexity index is 399. The van der Waals surface area contributed by atoms with Crippen LogP contribution < -0.4 is 0 Å². The fourth-order valence-corrected chi connectivity index (χ4v) is 2.99. The lowest BCUT2D eigenvalue weighted by molar-refractivity contribution is 0.264. The Hall–Kier alpha value is -0.900. The molecule has 1 N–H and O–H groups in total. The quantitative estimate of drug-likeness (QED) is 0.588. The molecular formula is C17H31N3O. The molecule has 0 radical (unpaired) electrons. The van der Waals surface area contributed by atoms with Gasteiger partial charge in [-0.25, -0.2) is 0 Å². The van der Waals surface area contributed by atoms with E-state index in [1.165, 1.54) is 70.6 Å². The summed E-state index contributed by atoms with van der Waals surface area (Å²) in [5.41, 5.74) is 0. The highest BCUT2D eigenvalue weighted by Gasteiger charge is 2.28. The third-order valence-electron chi connectivity index (χ3n) is 4.39. The largest absolute Gasteiger partial charge is 0.388 e. The van der Waals surface area contributed by atoms with E-state index in [0.717, 1.165) is 18.1 Å². The van der Waals surface area contributed by atoms with Gasteiger partial charge in [0.25, 0.3) is 0 Å². The molecule has 0 spiro atoms. The molecule has 1 aromatic rings. The van der Waals surface area contributed by atoms with Gasteiger partial charge in [-0.05, 0) is 19.3 Å². The Balaban J connectivity index is 1.58. The maximum atomic E-state index is 9.32. The number of aliphatic hydroxyl groups is 1. The summed E-state index contributed by atoms with van der Waals surface area (Å²) >= 11 is 0. The Morgan fingerprint density at radius 3 is 2.05 bits per heavy atom. The summed E-state index contributed by atoms with van der Waals surface area (Å²) in [6, 6.07) is 0.565. The lowest BCUT2D eigenvalue weighted by atomic mass is 10.1. The smallest absolute Gasteiger partial charge is 0.159 e. The standard InChI is InChI=1S/C17H31N3O/c1-2-3-4-5-6-7-8-9-10-11-16-18-19-17(14-21)20(16)15-12-13-15/h15,21H,2-14H2,1H3. The second-order valence-corrected chi connectivity index (χ2v) is 6.37. The number of aromatic nitrogens is 3. The summed E-state index contributed by atoms with van der Waals surface area (Å²) in [5.74, 6) is 1.84. The van der Waals surface area contributed by atoms with E-state index in [1.54, 1.807) is 0 Å². The molecule has 0 aromatic carbocycles. The van der Waals surface area contributed by atoms with E-state index in [9.17, 15) is 5.11 Å². The van der Waals surface area contributed by atoms with Crippen LogP contribution in [0.2, 0.25) is 0 Å². The van der Waals surface area contributed by atoms with Crippen molar-refractivity contribution in [1.82, 2.24) is 14.8 Å². The maximum Gasteiger partial charge on any atom is 0.159 e. The van der Waals surface area contributed by atoms with Crippen LogP contribution in [-0.2, 0) is 13.0 Å². The van der Waals surface area contributed by atoms with Crippen LogP contribution in [0.3, 0.4) is 0 Å². The molecule has 0 aliphatic heterocycles. The highest BCUT2D eigenvalue weighted by molar-refractivity contribution is 5.02. The summed E-state index contributed by atoms with van der Waals surface area (Å²) < 4.78 is 2.19. The SMILES string of the molecule is CCCCCCCCCCCc1nnc(CO)n1C1CC1. The zero-order chi connectivity index (χ0) is 14.9. The molecule has 1 saturated carbocycles. The first-order valence-electron chi connectivity index (χ1n) is 8.90. The van der Waals surface area contributed by atoms with Crippen LogP contribution in [0.1, 0.15) is 95.2 Å². The monoisotopic (exact) mass is 293 g/mol. The van der Waals surface area contributed by atoms with E-state index in [0.29, 0.717) is 6.04 Å². The minimum absolute atomic E-state index is 0.0151. The predicted octanol–water partition coefficient (Wildman–Crippen LogP) is 4.18. The van der Waals surface area contributed by atoms with E-state index in [-0.39, 0.29) is 6.61 Å². The lowest BCUT2D eigenvalue weighted by Gasteiger charge is -2.07. The van der Waals surface area contributed by atoms with Crippen molar-refractivity contribution in [2.24, 2.45) is 0 Å². The van der Waals surface area contributed by atoms with Crippen molar-refractivity contribution in [3.63, 3.8) is 0 Å². The highest BCUT2D eigenvalue weighted by Crippen LogP contribution is 2.36. The lowest BCUT2D eigenvalue weighted by Crippen LogP contribution is -2.06. The van der Waals surface area contributed by atoms with Gasteiger partial charge < -0.3 is 9.67 Å². The summed E-state index contributed by atoms with van der Waals surface area (Å²) in [6.07, 6.45) is 15.6. The average molecular weight is 293 g/mol. The normalized spacial score (nSPS) is 14.8. The predicted molar refractivity (Wildman–Crippen MR) is 85.1 cm³/mol. The van der Waals surface area contributed by atoms with Crippen LogP contribution in [0.4, 0.5) is 0 Å². The molecule has 120 valence electrons. The van der Waals surface area contributed by atoms with E-state index >= 15 is 0 Å². The van der Waals surface area contributed by atoms with Crippen molar-refractivity contribution in [1.29, 1.82) is 0 Å². The van der Waals surface area contributed by atoms with Gasteiger partial charge in [0.2, 0.25) is 0 Å². The zero-order valence-corrected chi connectivity index (χ0v) is 13.6. The number of hydrogen-bond donors (Lipinski definition) is 1. The van der Waals surface area contributed by atoms with Crippen LogP contribution >= 0.6 is 0 Å². The van der Waals surface area contributed by atoms with Crippen LogP contribution in [0, 0.1) is 0 Å². The average Bonchev–Trinajstić information content (AvgIpc) is 3.26. The zero-order valence-electron chi connectivity index (χ0n) is 13.6. The van der Waals surface area contributed by atoms with Gasteiger partial charge in [-0.1, -0.05) is 58.3 Å². The second kappa shape index (κ2) is 9.19. The second-order valence-electron chi connectivity index (χ2n) is 6.37. The molecule has 1 aliphatic carbocycles. The molecule has 4 heteroatoms. The van der Waals surface area contributed by atoms with Crippen LogP contribution in [-0.4, -0.2) is 19.9 Å². The Morgan fingerprint density at radius 1 is 0.905 bits per heavy atom. The summed E-state index contributed by atoms with van der Waals surface area (Å²) in [7, 11) is 0. The number of unbranched alkanes of at least 4 members (excludes halogenated alkanes) is 8. The van der Waals surface area contributed by atoms with Crippen molar-refractivity contribution in [2.75, 3.05) is 0 Å². The van der Waals surface area contributed by atoms with Crippen LogP contribution in [0.25, 0.3) is 0 Å². The molecule has 1 aliphatic rings. The fraction of sp³-hybridized carbons (Fsp3) is 0.882. The topological polar surface area (TPSA) is 50.9 Å². The van der Waals surface area contributed by atoms with Gasteiger partial charge in [-0.15, -0.1) is 10.2 Å².